The van der Waals surface area contributed by atoms with Crippen molar-refractivity contribution in [2.75, 3.05) is 0 Å². The van der Waals surface area contributed by atoms with Gasteiger partial charge in [-0.2, -0.15) is 0 Å². The Balaban J connectivity index is 2.79. The van der Waals surface area contributed by atoms with Crippen molar-refractivity contribution in [3.05, 3.63) is 47.0 Å². The molecule has 2 rings (SSSR count). The Bertz CT molecular complexity index is 556. The molecular weight excluding hydrogens is 216 g/mol. The van der Waals surface area contributed by atoms with Crippen LogP contribution in [0.5, 0.6) is 0 Å². The minimum absolute atomic E-state index is 0.223. The molecule has 0 heterocycles. The molecule has 18 heavy (non-hydrogen) atoms. The maximum absolute atomic E-state index is 2.40. The first-order chi connectivity index (χ1) is 8.47. The van der Waals surface area contributed by atoms with Crippen molar-refractivity contribution in [3.8, 4) is 0 Å². The Morgan fingerprint density at radius 2 is 1.56 bits per heavy atom. The number of rotatable bonds is 2. The van der Waals surface area contributed by atoms with Gasteiger partial charge in [0.25, 0.3) is 0 Å². The highest BCUT2D eigenvalue weighted by molar-refractivity contribution is 5.89. The van der Waals surface area contributed by atoms with Crippen LogP contribution in [0, 0.1) is 0 Å². The van der Waals surface area contributed by atoms with Crippen molar-refractivity contribution in [2.24, 2.45) is 0 Å². The topological polar surface area (TPSA) is 0 Å². The summed E-state index contributed by atoms with van der Waals surface area (Å²) in [6, 6.07) is 11.5. The van der Waals surface area contributed by atoms with E-state index in [0.29, 0.717) is 0 Å². The van der Waals surface area contributed by atoms with Gasteiger partial charge >= 0.3 is 0 Å². The molecule has 96 valence electrons. The van der Waals surface area contributed by atoms with E-state index in [4.69, 9.17) is 0 Å². The fourth-order valence-corrected chi connectivity index (χ4v) is 2.61. The van der Waals surface area contributed by atoms with Gasteiger partial charge in [-0.15, -0.1) is 0 Å². The summed E-state index contributed by atoms with van der Waals surface area (Å²) in [6.45, 7) is 11.4. The molecule has 0 aliphatic heterocycles. The van der Waals surface area contributed by atoms with Gasteiger partial charge in [0.15, 0.2) is 0 Å². The molecule has 0 nitrogen and oxygen atoms in total. The monoisotopic (exact) mass is 240 g/mol. The SMILES string of the molecule is CCc1cccc2cc(C(C)(C)C)cc(CC)c12. The molecule has 0 aliphatic rings. The predicted molar refractivity (Wildman–Crippen MR) is 81.4 cm³/mol. The summed E-state index contributed by atoms with van der Waals surface area (Å²) in [5, 5.41) is 2.88. The molecule has 0 heteroatoms. The lowest BCUT2D eigenvalue weighted by atomic mass is 9.83. The third kappa shape index (κ3) is 2.29. The molecule has 0 bridgehead atoms. The molecule has 0 unspecified atom stereocenters. The Morgan fingerprint density at radius 1 is 0.889 bits per heavy atom. The summed E-state index contributed by atoms with van der Waals surface area (Å²) in [5.74, 6) is 0. The van der Waals surface area contributed by atoms with Crippen molar-refractivity contribution in [1.29, 1.82) is 0 Å². The molecule has 2 aromatic carbocycles. The number of hydrogen-bond acceptors (Lipinski definition) is 0. The van der Waals surface area contributed by atoms with E-state index in [1.165, 1.54) is 27.5 Å². The lowest BCUT2D eigenvalue weighted by Gasteiger charge is -2.22. The second kappa shape index (κ2) is 4.76. The van der Waals surface area contributed by atoms with E-state index >= 15 is 0 Å². The molecule has 0 amide bonds. The van der Waals surface area contributed by atoms with Crippen molar-refractivity contribution in [2.45, 2.75) is 52.9 Å². The van der Waals surface area contributed by atoms with E-state index in [1.807, 2.05) is 0 Å². The Hall–Kier alpha value is -1.30. The van der Waals surface area contributed by atoms with Crippen LogP contribution in [0.25, 0.3) is 10.8 Å². The van der Waals surface area contributed by atoms with E-state index in [9.17, 15) is 0 Å². The van der Waals surface area contributed by atoms with E-state index < -0.39 is 0 Å². The van der Waals surface area contributed by atoms with Crippen LogP contribution in [-0.4, -0.2) is 0 Å². The molecule has 0 N–H and O–H groups in total. The highest BCUT2D eigenvalue weighted by Crippen LogP contribution is 2.31. The smallest absolute Gasteiger partial charge is 0.0120 e. The van der Waals surface area contributed by atoms with Crippen LogP contribution in [0.15, 0.2) is 30.3 Å². The molecule has 0 fully saturated rings. The Labute approximate surface area is 111 Å². The maximum atomic E-state index is 2.40. The fourth-order valence-electron chi connectivity index (χ4n) is 2.61. The summed E-state index contributed by atoms with van der Waals surface area (Å²) in [7, 11) is 0. The first-order valence-electron chi connectivity index (χ1n) is 7.02. The van der Waals surface area contributed by atoms with Crippen LogP contribution in [0.2, 0.25) is 0 Å². The van der Waals surface area contributed by atoms with Gasteiger partial charge in [-0.25, -0.2) is 0 Å². The number of hydrogen-bond donors (Lipinski definition) is 0. The fraction of sp³-hybridized carbons (Fsp3) is 0.444. The third-order valence-corrected chi connectivity index (χ3v) is 3.77. The first kappa shape index (κ1) is 13.1. The van der Waals surface area contributed by atoms with Gasteiger partial charge in [0.05, 0.1) is 0 Å². The van der Waals surface area contributed by atoms with Crippen molar-refractivity contribution in [1.82, 2.24) is 0 Å². The molecular formula is C18H24. The van der Waals surface area contributed by atoms with Gasteiger partial charge in [-0.1, -0.05) is 65.0 Å². The van der Waals surface area contributed by atoms with Crippen molar-refractivity contribution >= 4 is 10.8 Å². The normalized spacial score (nSPS) is 12.1. The van der Waals surface area contributed by atoms with Crippen molar-refractivity contribution < 1.29 is 0 Å². The summed E-state index contributed by atoms with van der Waals surface area (Å²) in [5.41, 5.74) is 4.64. The van der Waals surface area contributed by atoms with Crippen LogP contribution in [-0.2, 0) is 18.3 Å². The zero-order chi connectivity index (χ0) is 13.3. The lowest BCUT2D eigenvalue weighted by Crippen LogP contribution is -2.11. The highest BCUT2D eigenvalue weighted by Gasteiger charge is 2.16. The summed E-state index contributed by atoms with van der Waals surface area (Å²) < 4.78 is 0. The number of benzene rings is 2. The minimum atomic E-state index is 0.223. The zero-order valence-corrected chi connectivity index (χ0v) is 12.3. The minimum Gasteiger partial charge on any atom is -0.0614 e. The second-order valence-corrected chi connectivity index (χ2v) is 6.11. The Morgan fingerprint density at radius 3 is 2.11 bits per heavy atom. The summed E-state index contributed by atoms with van der Waals surface area (Å²) in [4.78, 5) is 0. The molecule has 0 radical (unpaired) electrons. The quantitative estimate of drug-likeness (QED) is 0.671. The van der Waals surface area contributed by atoms with Crippen molar-refractivity contribution in [3.63, 3.8) is 0 Å². The average Bonchev–Trinajstić information content (AvgIpc) is 2.35. The van der Waals surface area contributed by atoms with Crippen LogP contribution < -0.4 is 0 Å². The van der Waals surface area contributed by atoms with Gasteiger partial charge in [-0.05, 0) is 45.7 Å². The van der Waals surface area contributed by atoms with E-state index in [2.05, 4.69) is 65.0 Å². The molecule has 0 atom stereocenters. The molecule has 0 aliphatic carbocycles. The van der Waals surface area contributed by atoms with Gasteiger partial charge in [-0.3, -0.25) is 0 Å². The largest absolute Gasteiger partial charge is 0.0614 e. The number of aryl methyl sites for hydroxylation is 2. The standard InChI is InChI=1S/C18H24/c1-6-13-9-8-10-15-12-16(18(3,4)5)11-14(7-2)17(13)15/h8-12H,6-7H2,1-5H3. The molecule has 0 saturated heterocycles. The number of fused-ring (bicyclic) bond motifs is 1. The second-order valence-electron chi connectivity index (χ2n) is 6.11. The summed E-state index contributed by atoms with van der Waals surface area (Å²) >= 11 is 0. The predicted octanol–water partition coefficient (Wildman–Crippen LogP) is 5.26. The third-order valence-electron chi connectivity index (χ3n) is 3.77. The van der Waals surface area contributed by atoms with Gasteiger partial charge in [0.2, 0.25) is 0 Å². The molecule has 0 aromatic heterocycles. The zero-order valence-electron chi connectivity index (χ0n) is 12.3. The molecule has 0 saturated carbocycles. The van der Waals surface area contributed by atoms with Crippen LogP contribution in [0.1, 0.15) is 51.3 Å². The van der Waals surface area contributed by atoms with Crippen LogP contribution in [0.3, 0.4) is 0 Å². The highest BCUT2D eigenvalue weighted by atomic mass is 14.2. The molecule has 2 aromatic rings. The maximum Gasteiger partial charge on any atom is -0.0120 e. The van der Waals surface area contributed by atoms with E-state index in [1.54, 1.807) is 0 Å². The van der Waals surface area contributed by atoms with Gasteiger partial charge in [0.1, 0.15) is 0 Å². The van der Waals surface area contributed by atoms with Gasteiger partial charge < -0.3 is 0 Å². The van der Waals surface area contributed by atoms with Crippen LogP contribution >= 0.6 is 0 Å². The Kier molecular flexibility index (Phi) is 3.47. The lowest BCUT2D eigenvalue weighted by molar-refractivity contribution is 0.590. The first-order valence-corrected chi connectivity index (χ1v) is 7.02. The molecule has 0 spiro atoms. The summed E-state index contributed by atoms with van der Waals surface area (Å²) in [6.07, 6.45) is 2.22. The van der Waals surface area contributed by atoms with E-state index in [0.717, 1.165) is 12.8 Å². The average molecular weight is 240 g/mol. The van der Waals surface area contributed by atoms with Gasteiger partial charge in [0, 0.05) is 0 Å². The van der Waals surface area contributed by atoms with E-state index in [-0.39, 0.29) is 5.41 Å². The van der Waals surface area contributed by atoms with Crippen LogP contribution in [0.4, 0.5) is 0 Å².